The molecule has 4 N–H and O–H groups in total. The largest absolute Gasteiger partial charge is 0.475 e. The monoisotopic (exact) mass is 588 g/mol. The zero-order valence-electron chi connectivity index (χ0n) is 24.6. The molecule has 2 aliphatic heterocycles. The molecule has 3 unspecified atom stereocenters. The number of para-hydroxylation sites is 1. The Bertz CT molecular complexity index is 1210. The molecule has 13 heteroatoms. The van der Waals surface area contributed by atoms with Gasteiger partial charge in [-0.25, -0.2) is 14.4 Å². The lowest BCUT2D eigenvalue weighted by Crippen LogP contribution is -2.54. The van der Waals surface area contributed by atoms with Crippen molar-refractivity contribution in [2.75, 3.05) is 18.0 Å². The number of carbonyl (C=O) groups excluding carboxylic acids is 5. The number of alkyl carbamates (subject to hydrolysis) is 1. The van der Waals surface area contributed by atoms with Gasteiger partial charge in [-0.15, -0.1) is 0 Å². The molecule has 4 amide bonds. The molecule has 1 aromatic carbocycles. The van der Waals surface area contributed by atoms with Crippen LogP contribution in [0.2, 0.25) is 0 Å². The predicted molar refractivity (Wildman–Crippen MR) is 151 cm³/mol. The lowest BCUT2D eigenvalue weighted by atomic mass is 9.95. The summed E-state index contributed by atoms with van der Waals surface area (Å²) in [6.45, 7) is 9.60. The number of ketones is 1. The normalized spacial score (nSPS) is 19.7. The quantitative estimate of drug-likeness (QED) is 0.299. The number of hydrogen-bond donors (Lipinski definition) is 4. The average Bonchev–Trinajstić information content (AvgIpc) is 3.30. The zero-order chi connectivity index (χ0) is 31.2. The maximum atomic E-state index is 13.2. The van der Waals surface area contributed by atoms with E-state index in [1.807, 2.05) is 13.8 Å². The number of Topliss-reactive ketones (excluding diaryl/α,β-unsaturated/α-hetero) is 1. The third-order valence-electron chi connectivity index (χ3n) is 6.89. The standard InChI is InChI=1S/C29H40N4O9/c1-16(2)14-20(25(36)31-19(23(34)26(37)38)15-17-10-12-30-24(17)35)32-27(39)41-22-11-13-33(28(40)42-29(3,4)5)21-9-7-6-8-18(21)22/h6-9,16-17,19-20,22H,10-15H2,1-5H3,(H,30,35)(H,31,36)(H,32,39)(H,37,38)/t17-,19?,20?,22?/m0/s1. The summed E-state index contributed by atoms with van der Waals surface area (Å²) in [5, 5.41) is 16.9. The van der Waals surface area contributed by atoms with Crippen molar-refractivity contribution >= 4 is 41.4 Å². The molecule has 2 heterocycles. The molecule has 1 aromatic rings. The smallest absolute Gasteiger partial charge is 0.414 e. The number of carbonyl (C=O) groups is 6. The van der Waals surface area contributed by atoms with Crippen LogP contribution in [-0.2, 0) is 28.7 Å². The Morgan fingerprint density at radius 2 is 1.76 bits per heavy atom. The number of nitrogens with zero attached hydrogens (tertiary/aromatic N) is 1. The summed E-state index contributed by atoms with van der Waals surface area (Å²) < 4.78 is 11.2. The highest BCUT2D eigenvalue weighted by Crippen LogP contribution is 2.36. The molecule has 0 bridgehead atoms. The highest BCUT2D eigenvalue weighted by Gasteiger charge is 2.37. The van der Waals surface area contributed by atoms with E-state index in [4.69, 9.17) is 9.47 Å². The van der Waals surface area contributed by atoms with Crippen molar-refractivity contribution in [2.24, 2.45) is 11.8 Å². The minimum Gasteiger partial charge on any atom is -0.475 e. The summed E-state index contributed by atoms with van der Waals surface area (Å²) in [4.78, 5) is 76.4. The zero-order valence-corrected chi connectivity index (χ0v) is 24.6. The third kappa shape index (κ3) is 8.67. The molecule has 4 atom stereocenters. The number of ether oxygens (including phenoxy) is 2. The lowest BCUT2D eigenvalue weighted by molar-refractivity contribution is -0.151. The second-order valence-corrected chi connectivity index (χ2v) is 11.9. The van der Waals surface area contributed by atoms with E-state index in [0.29, 0.717) is 24.2 Å². The third-order valence-corrected chi connectivity index (χ3v) is 6.89. The number of amides is 4. The Morgan fingerprint density at radius 1 is 1.07 bits per heavy atom. The fourth-order valence-corrected chi connectivity index (χ4v) is 4.97. The number of nitrogens with one attached hydrogen (secondary N) is 3. The van der Waals surface area contributed by atoms with Gasteiger partial charge in [-0.2, -0.15) is 0 Å². The summed E-state index contributed by atoms with van der Waals surface area (Å²) in [7, 11) is 0. The van der Waals surface area contributed by atoms with E-state index in [-0.39, 0.29) is 37.6 Å². The van der Waals surface area contributed by atoms with Crippen molar-refractivity contribution < 1.29 is 43.3 Å². The number of rotatable bonds is 10. The Morgan fingerprint density at radius 3 is 2.36 bits per heavy atom. The highest BCUT2D eigenvalue weighted by atomic mass is 16.6. The van der Waals surface area contributed by atoms with Gasteiger partial charge >= 0.3 is 18.2 Å². The molecule has 2 aliphatic rings. The Balaban J connectivity index is 1.72. The first-order valence-electron chi connectivity index (χ1n) is 14.1. The molecule has 0 aromatic heterocycles. The minimum atomic E-state index is -1.73. The molecule has 3 rings (SSSR count). The molecule has 0 spiro atoms. The van der Waals surface area contributed by atoms with E-state index in [1.54, 1.807) is 45.0 Å². The average molecular weight is 589 g/mol. The van der Waals surface area contributed by atoms with Crippen molar-refractivity contribution in [1.29, 1.82) is 0 Å². The number of carboxylic acid groups (broad SMARTS) is 1. The summed E-state index contributed by atoms with van der Waals surface area (Å²) in [6.07, 6.45) is -1.44. The number of aliphatic carboxylic acids is 1. The maximum Gasteiger partial charge on any atom is 0.414 e. The topological polar surface area (TPSA) is 180 Å². The number of fused-ring (bicyclic) bond motifs is 1. The molecule has 230 valence electrons. The van der Waals surface area contributed by atoms with Gasteiger partial charge < -0.3 is 30.5 Å². The second kappa shape index (κ2) is 13.7. The number of carboxylic acids is 1. The molecule has 1 fully saturated rings. The lowest BCUT2D eigenvalue weighted by Gasteiger charge is -2.35. The van der Waals surface area contributed by atoms with Gasteiger partial charge in [-0.1, -0.05) is 32.0 Å². The summed E-state index contributed by atoms with van der Waals surface area (Å²) in [5.74, 6) is -4.74. The van der Waals surface area contributed by atoms with Gasteiger partial charge in [-0.3, -0.25) is 19.3 Å². The van der Waals surface area contributed by atoms with E-state index < -0.39 is 59.6 Å². The molecular formula is C29H40N4O9. The Kier molecular flexibility index (Phi) is 10.5. The predicted octanol–water partition coefficient (Wildman–Crippen LogP) is 2.68. The van der Waals surface area contributed by atoms with E-state index in [0.717, 1.165) is 0 Å². The summed E-state index contributed by atoms with van der Waals surface area (Å²) >= 11 is 0. The van der Waals surface area contributed by atoms with Crippen molar-refractivity contribution in [3.8, 4) is 0 Å². The van der Waals surface area contributed by atoms with Crippen LogP contribution in [0.15, 0.2) is 24.3 Å². The number of anilines is 1. The molecule has 13 nitrogen and oxygen atoms in total. The van der Waals surface area contributed by atoms with Gasteiger partial charge in [0.25, 0.3) is 5.78 Å². The van der Waals surface area contributed by atoms with Crippen LogP contribution in [0.4, 0.5) is 15.3 Å². The van der Waals surface area contributed by atoms with Crippen LogP contribution in [-0.4, -0.2) is 71.6 Å². The first-order chi connectivity index (χ1) is 19.7. The van der Waals surface area contributed by atoms with Crippen LogP contribution in [0.1, 0.15) is 72.0 Å². The Hall–Kier alpha value is -4.16. The van der Waals surface area contributed by atoms with Gasteiger partial charge in [-0.05, 0) is 52.0 Å². The van der Waals surface area contributed by atoms with E-state index in [2.05, 4.69) is 16.0 Å². The van der Waals surface area contributed by atoms with Gasteiger partial charge in [0.2, 0.25) is 11.8 Å². The van der Waals surface area contributed by atoms with Crippen LogP contribution in [0.3, 0.4) is 0 Å². The van der Waals surface area contributed by atoms with Crippen LogP contribution in [0.5, 0.6) is 0 Å². The van der Waals surface area contributed by atoms with Crippen LogP contribution in [0, 0.1) is 11.8 Å². The van der Waals surface area contributed by atoms with Crippen molar-refractivity contribution in [3.63, 3.8) is 0 Å². The first kappa shape index (κ1) is 32.4. The molecule has 0 radical (unpaired) electrons. The molecule has 1 saturated heterocycles. The van der Waals surface area contributed by atoms with Crippen LogP contribution < -0.4 is 20.9 Å². The second-order valence-electron chi connectivity index (χ2n) is 11.9. The van der Waals surface area contributed by atoms with Gasteiger partial charge in [0.05, 0.1) is 11.7 Å². The first-order valence-corrected chi connectivity index (χ1v) is 14.1. The van der Waals surface area contributed by atoms with Gasteiger partial charge in [0.15, 0.2) is 0 Å². The van der Waals surface area contributed by atoms with Crippen molar-refractivity contribution in [1.82, 2.24) is 16.0 Å². The fraction of sp³-hybridized carbons (Fsp3) is 0.586. The molecular weight excluding hydrogens is 548 g/mol. The van der Waals surface area contributed by atoms with Crippen molar-refractivity contribution in [3.05, 3.63) is 29.8 Å². The fourth-order valence-electron chi connectivity index (χ4n) is 4.97. The highest BCUT2D eigenvalue weighted by molar-refractivity contribution is 6.35. The van der Waals surface area contributed by atoms with Crippen LogP contribution in [0.25, 0.3) is 0 Å². The summed E-state index contributed by atoms with van der Waals surface area (Å²) in [5.41, 5.74) is 0.443. The molecule has 0 aliphatic carbocycles. The van der Waals surface area contributed by atoms with Crippen molar-refractivity contribution in [2.45, 2.75) is 84.1 Å². The van der Waals surface area contributed by atoms with Gasteiger partial charge in [0.1, 0.15) is 17.7 Å². The SMILES string of the molecule is CC(C)CC(NC(=O)OC1CCN(C(=O)OC(C)(C)C)c2ccccc21)C(=O)NC(C[C@@H]1CCNC1=O)C(=O)C(=O)O. The maximum absolute atomic E-state index is 13.2. The summed E-state index contributed by atoms with van der Waals surface area (Å²) in [6, 6.07) is 4.39. The molecule has 42 heavy (non-hydrogen) atoms. The molecule has 0 saturated carbocycles. The van der Waals surface area contributed by atoms with E-state index in [1.165, 1.54) is 4.90 Å². The van der Waals surface area contributed by atoms with Gasteiger partial charge in [0, 0.05) is 31.0 Å². The number of hydrogen-bond acceptors (Lipinski definition) is 8. The number of benzene rings is 1. The minimum absolute atomic E-state index is 0.0620. The Labute approximate surface area is 244 Å². The van der Waals surface area contributed by atoms with E-state index in [9.17, 15) is 33.9 Å². The van der Waals surface area contributed by atoms with Crippen LogP contribution >= 0.6 is 0 Å². The van der Waals surface area contributed by atoms with E-state index >= 15 is 0 Å².